The Balaban J connectivity index is 2.01. The van der Waals surface area contributed by atoms with E-state index in [1.807, 2.05) is 36.4 Å². The van der Waals surface area contributed by atoms with E-state index in [2.05, 4.69) is 0 Å². The lowest BCUT2D eigenvalue weighted by Gasteiger charge is -2.27. The van der Waals surface area contributed by atoms with Crippen LogP contribution in [0.5, 0.6) is 0 Å². The number of allylic oxidation sites excluding steroid dienone is 4. The van der Waals surface area contributed by atoms with E-state index in [1.165, 1.54) is 0 Å². The summed E-state index contributed by atoms with van der Waals surface area (Å²) in [6.07, 6.45) is 3.08. The van der Waals surface area contributed by atoms with Crippen molar-refractivity contribution in [1.82, 2.24) is 0 Å². The summed E-state index contributed by atoms with van der Waals surface area (Å²) in [5.41, 5.74) is 2.07. The first-order chi connectivity index (χ1) is 13.0. The highest BCUT2D eigenvalue weighted by atomic mass is 16.6. The number of ether oxygens (including phenoxy) is 2. The molecule has 2 aliphatic rings. The molecule has 5 heteroatoms. The van der Waals surface area contributed by atoms with Crippen LogP contribution in [0, 0.1) is 5.41 Å². The zero-order chi connectivity index (χ0) is 19.4. The minimum absolute atomic E-state index is 0.0854. The summed E-state index contributed by atoms with van der Waals surface area (Å²) < 4.78 is 10.4. The van der Waals surface area contributed by atoms with Crippen molar-refractivity contribution < 1.29 is 23.9 Å². The molecule has 0 N–H and O–H groups in total. The van der Waals surface area contributed by atoms with Gasteiger partial charge in [0.05, 0.1) is 13.2 Å². The van der Waals surface area contributed by atoms with Crippen molar-refractivity contribution in [2.24, 2.45) is 5.41 Å². The molecule has 0 fully saturated rings. The molecular formula is C22H24O5. The van der Waals surface area contributed by atoms with E-state index in [0.29, 0.717) is 18.4 Å². The molecule has 142 valence electrons. The molecule has 0 bridgehead atoms. The van der Waals surface area contributed by atoms with Crippen LogP contribution in [0.2, 0.25) is 0 Å². The second-order valence-corrected chi connectivity index (χ2v) is 6.78. The highest BCUT2D eigenvalue weighted by Gasteiger charge is 2.49. The molecule has 0 aromatic heterocycles. The molecule has 27 heavy (non-hydrogen) atoms. The monoisotopic (exact) mass is 368 g/mol. The molecule has 1 aromatic rings. The van der Waals surface area contributed by atoms with Crippen molar-refractivity contribution in [2.45, 2.75) is 39.5 Å². The van der Waals surface area contributed by atoms with Gasteiger partial charge < -0.3 is 9.47 Å². The maximum atomic E-state index is 12.7. The Bertz CT molecular complexity index is 798. The molecule has 0 atom stereocenters. The highest BCUT2D eigenvalue weighted by molar-refractivity contribution is 6.26. The predicted octanol–water partition coefficient (Wildman–Crippen LogP) is 3.64. The summed E-state index contributed by atoms with van der Waals surface area (Å²) >= 11 is 0. The van der Waals surface area contributed by atoms with Crippen molar-refractivity contribution in [3.63, 3.8) is 0 Å². The largest absolute Gasteiger partial charge is 0.465 e. The maximum absolute atomic E-state index is 12.7. The summed E-state index contributed by atoms with van der Waals surface area (Å²) in [7, 11) is 0. The standard InChI is InChI=1S/C22H24O5/c1-3-26-20(24)22(21(25)27-4-2)12-10-16-14-18(23)19(17(16)11-13-22)15-8-6-5-7-9-15/h5-10H,3-4,11-14H2,1-2H3. The number of Topliss-reactive ketones (excluding diaryl/α,β-unsaturated/α-hetero) is 1. The number of fused-ring (bicyclic) bond motifs is 1. The minimum Gasteiger partial charge on any atom is -0.465 e. The fourth-order valence-corrected chi connectivity index (χ4v) is 3.85. The smallest absolute Gasteiger partial charge is 0.323 e. The minimum atomic E-state index is -1.35. The van der Waals surface area contributed by atoms with Gasteiger partial charge in [-0.3, -0.25) is 14.4 Å². The van der Waals surface area contributed by atoms with Crippen LogP contribution in [0.25, 0.3) is 5.57 Å². The van der Waals surface area contributed by atoms with E-state index in [9.17, 15) is 14.4 Å². The van der Waals surface area contributed by atoms with Crippen LogP contribution in [0.3, 0.4) is 0 Å². The molecule has 0 radical (unpaired) electrons. The van der Waals surface area contributed by atoms with E-state index >= 15 is 0 Å². The molecule has 0 amide bonds. The van der Waals surface area contributed by atoms with Gasteiger partial charge in [-0.15, -0.1) is 0 Å². The lowest BCUT2D eigenvalue weighted by Crippen LogP contribution is -2.41. The first kappa shape index (κ1) is 19.1. The molecule has 3 rings (SSSR count). The predicted molar refractivity (Wildman–Crippen MR) is 101 cm³/mol. The van der Waals surface area contributed by atoms with Crippen molar-refractivity contribution in [1.29, 1.82) is 0 Å². The number of carbonyl (C=O) groups is 3. The van der Waals surface area contributed by atoms with Gasteiger partial charge in [0, 0.05) is 12.0 Å². The molecule has 5 nitrogen and oxygen atoms in total. The van der Waals surface area contributed by atoms with E-state index in [0.717, 1.165) is 16.7 Å². The fraction of sp³-hybridized carbons (Fsp3) is 0.409. The Morgan fingerprint density at radius 3 is 2.26 bits per heavy atom. The van der Waals surface area contributed by atoms with Crippen molar-refractivity contribution in [3.05, 3.63) is 53.1 Å². The van der Waals surface area contributed by atoms with Gasteiger partial charge in [0.25, 0.3) is 0 Å². The van der Waals surface area contributed by atoms with Gasteiger partial charge >= 0.3 is 11.9 Å². The van der Waals surface area contributed by atoms with Crippen LogP contribution in [0.4, 0.5) is 0 Å². The third-order valence-electron chi connectivity index (χ3n) is 5.21. The van der Waals surface area contributed by atoms with Crippen LogP contribution < -0.4 is 0 Å². The Kier molecular flexibility index (Phi) is 5.59. The van der Waals surface area contributed by atoms with Gasteiger partial charge in [-0.05, 0) is 49.8 Å². The van der Waals surface area contributed by atoms with Gasteiger partial charge in [-0.25, -0.2) is 0 Å². The summed E-state index contributed by atoms with van der Waals surface area (Å²) in [6.45, 7) is 3.84. The van der Waals surface area contributed by atoms with Crippen LogP contribution in [-0.4, -0.2) is 30.9 Å². The lowest BCUT2D eigenvalue weighted by molar-refractivity contribution is -0.172. The number of rotatable bonds is 5. The summed E-state index contributed by atoms with van der Waals surface area (Å²) in [6, 6.07) is 9.53. The number of hydrogen-bond acceptors (Lipinski definition) is 5. The van der Waals surface area contributed by atoms with Gasteiger partial charge in [0.2, 0.25) is 0 Å². The first-order valence-corrected chi connectivity index (χ1v) is 9.39. The van der Waals surface area contributed by atoms with Crippen molar-refractivity contribution >= 4 is 23.3 Å². The Morgan fingerprint density at radius 1 is 1.04 bits per heavy atom. The van der Waals surface area contributed by atoms with E-state index in [-0.39, 0.29) is 31.8 Å². The Hall–Kier alpha value is -2.69. The van der Waals surface area contributed by atoms with Crippen molar-refractivity contribution in [3.8, 4) is 0 Å². The van der Waals surface area contributed by atoms with Crippen LogP contribution in [0.15, 0.2) is 47.6 Å². The fourth-order valence-electron chi connectivity index (χ4n) is 3.85. The van der Waals surface area contributed by atoms with E-state index in [4.69, 9.17) is 9.47 Å². The summed E-state index contributed by atoms with van der Waals surface area (Å²) in [5.74, 6) is -1.01. The average molecular weight is 368 g/mol. The number of ketones is 1. The molecule has 0 aliphatic heterocycles. The van der Waals surface area contributed by atoms with Crippen LogP contribution in [0.1, 0.15) is 45.1 Å². The molecule has 0 saturated carbocycles. The second kappa shape index (κ2) is 7.91. The number of esters is 2. The molecule has 0 unspecified atom stereocenters. The van der Waals surface area contributed by atoms with Gasteiger partial charge in [0.1, 0.15) is 0 Å². The number of carbonyl (C=O) groups excluding carboxylic acids is 3. The first-order valence-electron chi connectivity index (χ1n) is 9.39. The number of hydrogen-bond donors (Lipinski definition) is 0. The summed E-state index contributed by atoms with van der Waals surface area (Å²) in [5, 5.41) is 0. The molecule has 0 heterocycles. The SMILES string of the molecule is CCOC(=O)C1(C(=O)OCC)CC=C2CC(=O)C(c3ccccc3)=C2CC1. The third-order valence-corrected chi connectivity index (χ3v) is 5.21. The third kappa shape index (κ3) is 3.46. The topological polar surface area (TPSA) is 69.7 Å². The van der Waals surface area contributed by atoms with Crippen LogP contribution >= 0.6 is 0 Å². The molecule has 1 aromatic carbocycles. The normalized spacial score (nSPS) is 18.4. The zero-order valence-electron chi connectivity index (χ0n) is 15.7. The zero-order valence-corrected chi connectivity index (χ0v) is 15.7. The molecular weight excluding hydrogens is 344 g/mol. The van der Waals surface area contributed by atoms with Gasteiger partial charge in [-0.2, -0.15) is 0 Å². The summed E-state index contributed by atoms with van der Waals surface area (Å²) in [4.78, 5) is 38.0. The average Bonchev–Trinajstić information content (AvgIpc) is 2.86. The van der Waals surface area contributed by atoms with Gasteiger partial charge in [-0.1, -0.05) is 36.4 Å². The Labute approximate surface area is 159 Å². The van der Waals surface area contributed by atoms with Crippen LogP contribution in [-0.2, 0) is 23.9 Å². The maximum Gasteiger partial charge on any atom is 0.323 e. The Morgan fingerprint density at radius 2 is 1.67 bits per heavy atom. The number of benzene rings is 1. The molecule has 0 spiro atoms. The second-order valence-electron chi connectivity index (χ2n) is 6.78. The molecule has 2 aliphatic carbocycles. The van der Waals surface area contributed by atoms with E-state index in [1.54, 1.807) is 13.8 Å². The highest BCUT2D eigenvalue weighted by Crippen LogP contribution is 2.45. The van der Waals surface area contributed by atoms with Gasteiger partial charge in [0.15, 0.2) is 11.2 Å². The lowest BCUT2D eigenvalue weighted by atomic mass is 9.80. The molecule has 0 saturated heterocycles. The van der Waals surface area contributed by atoms with E-state index < -0.39 is 17.4 Å². The quantitative estimate of drug-likeness (QED) is 0.586. The van der Waals surface area contributed by atoms with Crippen molar-refractivity contribution in [2.75, 3.05) is 13.2 Å².